The average molecular weight is 343 g/mol. The predicted molar refractivity (Wildman–Crippen MR) is 93.8 cm³/mol. The van der Waals surface area contributed by atoms with Crippen molar-refractivity contribution in [3.63, 3.8) is 0 Å². The highest BCUT2D eigenvalue weighted by atomic mass is 32.1. The lowest BCUT2D eigenvalue weighted by Gasteiger charge is -2.21. The number of aromatic nitrogens is 1. The summed E-state index contributed by atoms with van der Waals surface area (Å²) in [6.07, 6.45) is 2.00. The summed E-state index contributed by atoms with van der Waals surface area (Å²) in [5, 5.41) is 15.8. The van der Waals surface area contributed by atoms with Gasteiger partial charge >= 0.3 is 0 Å². The van der Waals surface area contributed by atoms with Crippen LogP contribution in [0.1, 0.15) is 30.5 Å². The predicted octanol–water partition coefficient (Wildman–Crippen LogP) is 1.95. The number of aliphatic hydroxyl groups excluding tert-OH is 1. The minimum absolute atomic E-state index is 0.00794. The zero-order valence-electron chi connectivity index (χ0n) is 13.6. The highest BCUT2D eigenvalue weighted by Crippen LogP contribution is 2.46. The standard InChI is InChI=1S/C18H21N3O2S/c1-11-16(24-10-20-11)12-2-4-13(5-3-12)18(6-7-18)21-17(23)15-8-14(22)9-19-15/h2-5,10,14-15,19,22H,6-9H2,1H3,(H,21,23)/t14-,15+/m1/s1. The van der Waals surface area contributed by atoms with Crippen molar-refractivity contribution < 1.29 is 9.90 Å². The van der Waals surface area contributed by atoms with E-state index >= 15 is 0 Å². The number of nitrogens with zero attached hydrogens (tertiary/aromatic N) is 1. The number of carbonyl (C=O) groups is 1. The van der Waals surface area contributed by atoms with Gasteiger partial charge < -0.3 is 15.7 Å². The van der Waals surface area contributed by atoms with Crippen molar-refractivity contribution in [2.24, 2.45) is 0 Å². The van der Waals surface area contributed by atoms with Crippen molar-refractivity contribution in [1.82, 2.24) is 15.6 Å². The quantitative estimate of drug-likeness (QED) is 0.793. The molecule has 0 radical (unpaired) electrons. The van der Waals surface area contributed by atoms with Crippen molar-refractivity contribution in [2.45, 2.75) is 43.9 Å². The minimum Gasteiger partial charge on any atom is -0.392 e. The van der Waals surface area contributed by atoms with Gasteiger partial charge in [0.25, 0.3) is 0 Å². The fourth-order valence-electron chi connectivity index (χ4n) is 3.37. The number of rotatable bonds is 4. The molecular weight excluding hydrogens is 322 g/mol. The summed E-state index contributed by atoms with van der Waals surface area (Å²) < 4.78 is 0. The zero-order valence-corrected chi connectivity index (χ0v) is 14.4. The van der Waals surface area contributed by atoms with Crippen LogP contribution in [0.15, 0.2) is 29.8 Å². The monoisotopic (exact) mass is 343 g/mol. The molecule has 2 aromatic rings. The molecule has 6 heteroatoms. The van der Waals surface area contributed by atoms with Crippen LogP contribution in [0.5, 0.6) is 0 Å². The highest BCUT2D eigenvalue weighted by molar-refractivity contribution is 7.13. The molecule has 4 rings (SSSR count). The minimum atomic E-state index is -0.419. The Labute approximate surface area is 145 Å². The first-order valence-corrected chi connectivity index (χ1v) is 9.20. The molecule has 2 atom stereocenters. The lowest BCUT2D eigenvalue weighted by Crippen LogP contribution is -2.45. The third kappa shape index (κ3) is 2.85. The molecule has 2 fully saturated rings. The third-order valence-electron chi connectivity index (χ3n) is 4.98. The summed E-state index contributed by atoms with van der Waals surface area (Å²) in [4.78, 5) is 17.9. The molecule has 0 bridgehead atoms. The van der Waals surface area contributed by atoms with Gasteiger partial charge in [0.05, 0.1) is 33.8 Å². The second-order valence-electron chi connectivity index (χ2n) is 6.77. The Balaban J connectivity index is 1.49. The molecule has 126 valence electrons. The largest absolute Gasteiger partial charge is 0.392 e. The maximum absolute atomic E-state index is 12.4. The van der Waals surface area contributed by atoms with Crippen LogP contribution in [0.25, 0.3) is 10.4 Å². The Bertz CT molecular complexity index is 752. The molecule has 1 aromatic carbocycles. The smallest absolute Gasteiger partial charge is 0.237 e. The van der Waals surface area contributed by atoms with Gasteiger partial charge in [-0.25, -0.2) is 4.98 Å². The van der Waals surface area contributed by atoms with Crippen LogP contribution < -0.4 is 10.6 Å². The third-order valence-corrected chi connectivity index (χ3v) is 5.96. The van der Waals surface area contributed by atoms with Crippen molar-refractivity contribution in [2.75, 3.05) is 6.54 Å². The zero-order chi connectivity index (χ0) is 16.7. The summed E-state index contributed by atoms with van der Waals surface area (Å²) in [6, 6.07) is 8.16. The second-order valence-corrected chi connectivity index (χ2v) is 7.62. The molecule has 1 amide bonds. The van der Waals surface area contributed by atoms with Crippen LogP contribution in [0, 0.1) is 6.92 Å². The molecule has 1 saturated carbocycles. The summed E-state index contributed by atoms with van der Waals surface area (Å²) in [7, 11) is 0. The number of hydrogen-bond acceptors (Lipinski definition) is 5. The number of amides is 1. The molecule has 1 aliphatic heterocycles. The van der Waals surface area contributed by atoms with E-state index in [1.165, 1.54) is 10.4 Å². The van der Waals surface area contributed by atoms with Crippen LogP contribution >= 0.6 is 11.3 Å². The molecule has 5 nitrogen and oxygen atoms in total. The van der Waals surface area contributed by atoms with E-state index in [0.717, 1.165) is 24.1 Å². The molecule has 2 heterocycles. The Morgan fingerprint density at radius 1 is 1.38 bits per heavy atom. The van der Waals surface area contributed by atoms with Crippen LogP contribution in [0.3, 0.4) is 0 Å². The molecule has 2 aliphatic rings. The Hall–Kier alpha value is -1.76. The first kappa shape index (κ1) is 15.7. The van der Waals surface area contributed by atoms with Crippen molar-refractivity contribution in [1.29, 1.82) is 0 Å². The number of hydrogen-bond donors (Lipinski definition) is 3. The molecule has 3 N–H and O–H groups in total. The SMILES string of the molecule is Cc1ncsc1-c1ccc(C2(NC(=O)[C@@H]3C[C@@H](O)CN3)CC2)cc1. The Morgan fingerprint density at radius 3 is 2.67 bits per heavy atom. The van der Waals surface area contributed by atoms with Crippen LogP contribution in [0.4, 0.5) is 0 Å². The molecule has 0 unspecified atom stereocenters. The van der Waals surface area contributed by atoms with Gasteiger partial charge in [-0.2, -0.15) is 0 Å². The molecule has 1 aromatic heterocycles. The van der Waals surface area contributed by atoms with Crippen molar-refractivity contribution in [3.05, 3.63) is 41.0 Å². The van der Waals surface area contributed by atoms with E-state index < -0.39 is 6.10 Å². The maximum Gasteiger partial charge on any atom is 0.237 e. The number of benzene rings is 1. The van der Waals surface area contributed by atoms with Gasteiger partial charge in [-0.1, -0.05) is 24.3 Å². The summed E-state index contributed by atoms with van der Waals surface area (Å²) >= 11 is 1.65. The van der Waals surface area contributed by atoms with E-state index in [-0.39, 0.29) is 17.5 Å². The van der Waals surface area contributed by atoms with Gasteiger partial charge in [-0.3, -0.25) is 4.79 Å². The van der Waals surface area contributed by atoms with E-state index in [1.54, 1.807) is 11.3 Å². The van der Waals surface area contributed by atoms with Crippen LogP contribution in [0.2, 0.25) is 0 Å². The van der Waals surface area contributed by atoms with E-state index in [2.05, 4.69) is 39.9 Å². The normalized spacial score (nSPS) is 24.8. The number of β-amino-alcohol motifs (C(OH)–C–C–N with tert-alkyl or cyclic N) is 1. The summed E-state index contributed by atoms with van der Waals surface area (Å²) in [5.41, 5.74) is 5.01. The van der Waals surface area contributed by atoms with E-state index in [0.29, 0.717) is 13.0 Å². The van der Waals surface area contributed by atoms with Crippen LogP contribution in [-0.4, -0.2) is 34.7 Å². The van der Waals surface area contributed by atoms with Gasteiger partial charge in [-0.05, 0) is 37.3 Å². The van der Waals surface area contributed by atoms with Crippen LogP contribution in [-0.2, 0) is 10.3 Å². The molecular formula is C18H21N3O2S. The first-order valence-electron chi connectivity index (χ1n) is 8.32. The number of nitrogens with one attached hydrogen (secondary N) is 2. The topological polar surface area (TPSA) is 74.2 Å². The van der Waals surface area contributed by atoms with Crippen molar-refractivity contribution in [3.8, 4) is 10.4 Å². The lowest BCUT2D eigenvalue weighted by atomic mass is 10.0. The molecule has 0 spiro atoms. The Kier molecular flexibility index (Phi) is 3.90. The second kappa shape index (κ2) is 5.95. The van der Waals surface area contributed by atoms with Gasteiger partial charge in [0, 0.05) is 6.54 Å². The summed E-state index contributed by atoms with van der Waals surface area (Å²) in [6.45, 7) is 2.51. The number of aliphatic hydroxyl groups is 1. The van der Waals surface area contributed by atoms with Gasteiger partial charge in [0.1, 0.15) is 0 Å². The maximum atomic E-state index is 12.4. The molecule has 1 aliphatic carbocycles. The molecule has 1 saturated heterocycles. The van der Waals surface area contributed by atoms with E-state index in [4.69, 9.17) is 0 Å². The number of carbonyl (C=O) groups excluding carboxylic acids is 1. The van der Waals surface area contributed by atoms with Crippen molar-refractivity contribution >= 4 is 17.2 Å². The number of thiazole rings is 1. The number of aryl methyl sites for hydroxylation is 1. The van der Waals surface area contributed by atoms with E-state index in [1.807, 2.05) is 12.4 Å². The van der Waals surface area contributed by atoms with Gasteiger partial charge in [0.15, 0.2) is 0 Å². The Morgan fingerprint density at radius 2 is 2.12 bits per heavy atom. The average Bonchev–Trinajstić information content (AvgIpc) is 3.01. The molecule has 24 heavy (non-hydrogen) atoms. The highest BCUT2D eigenvalue weighted by Gasteiger charge is 2.47. The first-order chi connectivity index (χ1) is 11.6. The fourth-order valence-corrected chi connectivity index (χ4v) is 4.18. The summed E-state index contributed by atoms with van der Waals surface area (Å²) in [5.74, 6) is -0.00794. The fraction of sp³-hybridized carbons (Fsp3) is 0.444. The van der Waals surface area contributed by atoms with Gasteiger partial charge in [-0.15, -0.1) is 11.3 Å². The lowest BCUT2D eigenvalue weighted by molar-refractivity contribution is -0.124. The van der Waals surface area contributed by atoms with E-state index in [9.17, 15) is 9.90 Å². The van der Waals surface area contributed by atoms with Gasteiger partial charge in [0.2, 0.25) is 5.91 Å².